The molecule has 38 heavy (non-hydrogen) atoms. The number of carbonyl (C=O) groups is 1. The van der Waals surface area contributed by atoms with Gasteiger partial charge in [-0.05, 0) is 53.5 Å². The van der Waals surface area contributed by atoms with Crippen LogP contribution in [0.5, 0.6) is 0 Å². The number of amides is 1. The number of H-pyrrole nitrogens is 2. The number of carbonyl (C=O) groups excluding carboxylic acids is 1. The van der Waals surface area contributed by atoms with Crippen LogP contribution < -0.4 is 10.6 Å². The van der Waals surface area contributed by atoms with E-state index in [9.17, 15) is 4.79 Å². The lowest BCUT2D eigenvalue weighted by molar-refractivity contribution is -0.116. The molecule has 0 bridgehead atoms. The highest BCUT2D eigenvalue weighted by Gasteiger charge is 2.19. The number of nitrogens with one attached hydrogen (secondary N) is 4. The van der Waals surface area contributed by atoms with E-state index in [1.165, 1.54) is 0 Å². The Morgan fingerprint density at radius 2 is 1.89 bits per heavy atom. The first-order valence-corrected chi connectivity index (χ1v) is 12.4. The Morgan fingerprint density at radius 3 is 2.74 bits per heavy atom. The maximum atomic E-state index is 12.2. The van der Waals surface area contributed by atoms with Gasteiger partial charge in [0.2, 0.25) is 5.91 Å². The van der Waals surface area contributed by atoms with Gasteiger partial charge in [-0.3, -0.25) is 24.8 Å². The Morgan fingerprint density at radius 1 is 1.03 bits per heavy atom. The second-order valence-electron chi connectivity index (χ2n) is 9.59. The minimum absolute atomic E-state index is 0.0327. The third kappa shape index (κ3) is 4.57. The van der Waals surface area contributed by atoms with E-state index < -0.39 is 0 Å². The van der Waals surface area contributed by atoms with Crippen LogP contribution in [0.1, 0.15) is 31.4 Å². The first kappa shape index (κ1) is 23.4. The zero-order chi connectivity index (χ0) is 26.1. The third-order valence-corrected chi connectivity index (χ3v) is 6.30. The van der Waals surface area contributed by atoms with E-state index in [1.54, 1.807) is 31.0 Å². The van der Waals surface area contributed by atoms with Gasteiger partial charge in [0.05, 0.1) is 35.0 Å². The van der Waals surface area contributed by atoms with Crippen molar-refractivity contribution in [3.05, 3.63) is 90.8 Å². The maximum Gasteiger partial charge on any atom is 0.224 e. The zero-order valence-electron chi connectivity index (χ0n) is 21.0. The van der Waals surface area contributed by atoms with E-state index in [1.807, 2.05) is 50.4 Å². The molecule has 0 unspecified atom stereocenters. The quantitative estimate of drug-likeness (QED) is 0.234. The van der Waals surface area contributed by atoms with Crippen molar-refractivity contribution in [3.8, 4) is 22.6 Å². The molecule has 0 radical (unpaired) electrons. The zero-order valence-corrected chi connectivity index (χ0v) is 21.0. The molecule has 1 aliphatic heterocycles. The summed E-state index contributed by atoms with van der Waals surface area (Å²) in [7, 11) is 0. The summed E-state index contributed by atoms with van der Waals surface area (Å²) in [6.45, 7) is 4.03. The predicted octanol–water partition coefficient (Wildman–Crippen LogP) is 5.77. The number of pyridine rings is 3. The molecular formula is C29H26N8O. The van der Waals surface area contributed by atoms with Crippen molar-refractivity contribution in [3.63, 3.8) is 0 Å². The molecular weight excluding hydrogens is 476 g/mol. The van der Waals surface area contributed by atoms with Gasteiger partial charge in [0, 0.05) is 47.7 Å². The Kier molecular flexibility index (Phi) is 6.01. The highest BCUT2D eigenvalue weighted by molar-refractivity contribution is 5.97. The summed E-state index contributed by atoms with van der Waals surface area (Å²) in [5.41, 5.74) is 7.85. The van der Waals surface area contributed by atoms with Gasteiger partial charge in [0.15, 0.2) is 0 Å². The molecule has 0 saturated carbocycles. The van der Waals surface area contributed by atoms with Gasteiger partial charge in [0.1, 0.15) is 11.5 Å². The van der Waals surface area contributed by atoms with Gasteiger partial charge >= 0.3 is 0 Å². The summed E-state index contributed by atoms with van der Waals surface area (Å²) in [6.07, 6.45) is 15.2. The summed E-state index contributed by atoms with van der Waals surface area (Å²) in [5.74, 6) is 1.13. The summed E-state index contributed by atoms with van der Waals surface area (Å²) in [4.78, 5) is 28.8. The number of fused-ring (bicyclic) bond motifs is 2. The summed E-state index contributed by atoms with van der Waals surface area (Å²) in [5, 5.41) is 14.9. The molecule has 1 aliphatic rings. The molecule has 188 valence electrons. The van der Waals surface area contributed by atoms with E-state index in [0.29, 0.717) is 12.1 Å². The number of nitrogens with zero attached hydrogens (tertiary/aromatic N) is 4. The Labute approximate surface area is 219 Å². The molecule has 0 saturated heterocycles. The fourth-order valence-corrected chi connectivity index (χ4v) is 4.57. The molecule has 9 heteroatoms. The average Bonchev–Trinajstić information content (AvgIpc) is 3.47. The smallest absolute Gasteiger partial charge is 0.224 e. The molecule has 0 spiro atoms. The molecule has 0 fully saturated rings. The number of anilines is 2. The molecule has 6 rings (SSSR count). The van der Waals surface area contributed by atoms with Crippen molar-refractivity contribution in [1.29, 1.82) is 0 Å². The minimum Gasteiger partial charge on any atom is -0.348 e. The Bertz CT molecular complexity index is 1690. The van der Waals surface area contributed by atoms with Crippen LogP contribution in [0.25, 0.3) is 39.1 Å². The van der Waals surface area contributed by atoms with Gasteiger partial charge in [0.25, 0.3) is 0 Å². The van der Waals surface area contributed by atoms with Crippen LogP contribution in [0, 0.1) is 5.92 Å². The monoisotopic (exact) mass is 502 g/mol. The van der Waals surface area contributed by atoms with Crippen molar-refractivity contribution in [1.82, 2.24) is 30.1 Å². The SMILES string of the molecule is CC(C)CC(=O)Nc1cncc(-c2cc3c(-c4cc5c([nH]4)NC=CC=C5c4ccncc4)n[nH]c3cn2)c1. The topological polar surface area (TPSA) is 124 Å². The molecule has 4 N–H and O–H groups in total. The van der Waals surface area contributed by atoms with Crippen molar-refractivity contribution < 1.29 is 4.79 Å². The first-order valence-electron chi connectivity index (χ1n) is 12.4. The van der Waals surface area contributed by atoms with Gasteiger partial charge < -0.3 is 15.6 Å². The maximum absolute atomic E-state index is 12.2. The number of allylic oxidation sites excluding steroid dienone is 2. The average molecular weight is 503 g/mol. The van der Waals surface area contributed by atoms with Crippen LogP contribution in [0.15, 0.2) is 79.7 Å². The van der Waals surface area contributed by atoms with Crippen LogP contribution in [0.4, 0.5) is 11.5 Å². The van der Waals surface area contributed by atoms with Crippen LogP contribution in [-0.2, 0) is 4.79 Å². The van der Waals surface area contributed by atoms with Crippen LogP contribution in [0.3, 0.4) is 0 Å². The summed E-state index contributed by atoms with van der Waals surface area (Å²) in [6, 6.07) is 9.97. The summed E-state index contributed by atoms with van der Waals surface area (Å²) >= 11 is 0. The number of hydrogen-bond acceptors (Lipinski definition) is 6. The number of rotatable bonds is 6. The minimum atomic E-state index is -0.0327. The van der Waals surface area contributed by atoms with Crippen LogP contribution in [0.2, 0.25) is 0 Å². The second kappa shape index (κ2) is 9.78. The van der Waals surface area contributed by atoms with Gasteiger partial charge in [-0.15, -0.1) is 0 Å². The van der Waals surface area contributed by atoms with Gasteiger partial charge in [-0.1, -0.05) is 19.9 Å². The van der Waals surface area contributed by atoms with Gasteiger partial charge in [-0.25, -0.2) is 0 Å². The van der Waals surface area contributed by atoms with E-state index >= 15 is 0 Å². The largest absolute Gasteiger partial charge is 0.348 e. The molecule has 0 aromatic carbocycles. The standard InChI is InChI=1S/C29H26N8O/c1-17(2)10-27(38)34-20-11-19(14-31-15-20)24-13-23-26(16-33-24)36-37-28(23)25-12-22-21(18-5-8-30-9-6-18)4-3-7-32-29(22)35-25/h3-9,11-17,32,35H,10H2,1-2H3,(H,34,38)(H,36,37). The molecule has 1 amide bonds. The molecule has 5 aromatic rings. The fraction of sp³-hybridized carbons (Fsp3) is 0.138. The Balaban J connectivity index is 1.36. The van der Waals surface area contributed by atoms with Crippen molar-refractivity contribution in [2.45, 2.75) is 20.3 Å². The lowest BCUT2D eigenvalue weighted by atomic mass is 10.00. The summed E-state index contributed by atoms with van der Waals surface area (Å²) < 4.78 is 0. The number of aromatic amines is 2. The molecule has 0 atom stereocenters. The van der Waals surface area contributed by atoms with E-state index in [4.69, 9.17) is 0 Å². The lowest BCUT2D eigenvalue weighted by Gasteiger charge is -2.08. The lowest BCUT2D eigenvalue weighted by Crippen LogP contribution is -2.13. The molecule has 6 heterocycles. The van der Waals surface area contributed by atoms with Crippen molar-refractivity contribution >= 4 is 33.9 Å². The second-order valence-corrected chi connectivity index (χ2v) is 9.59. The molecule has 0 aliphatic carbocycles. The van der Waals surface area contributed by atoms with Crippen LogP contribution in [-0.4, -0.2) is 36.0 Å². The fourth-order valence-electron chi connectivity index (χ4n) is 4.57. The van der Waals surface area contributed by atoms with Crippen LogP contribution >= 0.6 is 0 Å². The highest BCUT2D eigenvalue weighted by atomic mass is 16.1. The normalized spacial score (nSPS) is 12.7. The van der Waals surface area contributed by atoms with Crippen molar-refractivity contribution in [2.75, 3.05) is 10.6 Å². The van der Waals surface area contributed by atoms with Gasteiger partial charge in [-0.2, -0.15) is 5.10 Å². The van der Waals surface area contributed by atoms with Crippen molar-refractivity contribution in [2.24, 2.45) is 5.92 Å². The molecule has 5 aromatic heterocycles. The van der Waals surface area contributed by atoms with E-state index in [2.05, 4.69) is 52.9 Å². The van der Waals surface area contributed by atoms with E-state index in [-0.39, 0.29) is 11.8 Å². The van der Waals surface area contributed by atoms with E-state index in [0.717, 1.165) is 56.1 Å². The third-order valence-electron chi connectivity index (χ3n) is 6.30. The molecule has 9 nitrogen and oxygen atoms in total. The first-order chi connectivity index (χ1) is 18.5. The number of hydrogen-bond donors (Lipinski definition) is 4. The highest BCUT2D eigenvalue weighted by Crippen LogP contribution is 2.37. The predicted molar refractivity (Wildman–Crippen MR) is 149 cm³/mol. The number of aromatic nitrogens is 6. The Hall–Kier alpha value is -5.05.